The van der Waals surface area contributed by atoms with Gasteiger partial charge < -0.3 is 5.32 Å². The van der Waals surface area contributed by atoms with Gasteiger partial charge in [0.15, 0.2) is 0 Å². The first-order chi connectivity index (χ1) is 12.6. The van der Waals surface area contributed by atoms with Crippen LogP contribution in [0.1, 0.15) is 17.0 Å². The Balaban J connectivity index is 1.69. The number of thioether (sulfide) groups is 1. The summed E-state index contributed by atoms with van der Waals surface area (Å²) in [6.07, 6.45) is 0. The molecule has 0 aliphatic heterocycles. The van der Waals surface area contributed by atoms with Gasteiger partial charge in [0.25, 0.3) is 5.78 Å². The van der Waals surface area contributed by atoms with Crippen molar-refractivity contribution in [2.75, 3.05) is 11.1 Å². The quantitative estimate of drug-likeness (QED) is 0.612. The molecule has 3 rings (SSSR count). The second kappa shape index (κ2) is 7.25. The van der Waals surface area contributed by atoms with Gasteiger partial charge in [0.05, 0.1) is 10.6 Å². The summed E-state index contributed by atoms with van der Waals surface area (Å²) in [5.41, 5.74) is 3.22. The molecule has 1 amide bonds. The number of rotatable bonds is 5. The van der Waals surface area contributed by atoms with Crippen molar-refractivity contribution in [1.82, 2.24) is 19.6 Å². The van der Waals surface area contributed by atoms with E-state index in [4.69, 9.17) is 5.14 Å². The van der Waals surface area contributed by atoms with Crippen LogP contribution in [0.5, 0.6) is 0 Å². The summed E-state index contributed by atoms with van der Waals surface area (Å²) in [6, 6.07) is 5.75. The fourth-order valence-corrected chi connectivity index (χ4v) is 3.55. The summed E-state index contributed by atoms with van der Waals surface area (Å²) < 4.78 is 24.4. The molecule has 0 atom stereocenters. The maximum atomic E-state index is 12.1. The lowest BCUT2D eigenvalue weighted by Crippen LogP contribution is -2.16. The van der Waals surface area contributed by atoms with E-state index in [1.165, 1.54) is 30.0 Å². The van der Waals surface area contributed by atoms with Gasteiger partial charge in [0, 0.05) is 17.1 Å². The van der Waals surface area contributed by atoms with Gasteiger partial charge >= 0.3 is 0 Å². The predicted octanol–water partition coefficient (Wildman–Crippen LogP) is 1.43. The van der Waals surface area contributed by atoms with Crippen LogP contribution in [0.15, 0.2) is 34.3 Å². The number of hydrogen-bond acceptors (Lipinski definition) is 7. The summed E-state index contributed by atoms with van der Waals surface area (Å²) in [6.45, 7) is 5.81. The van der Waals surface area contributed by atoms with Crippen molar-refractivity contribution in [2.24, 2.45) is 5.14 Å². The molecule has 0 saturated heterocycles. The second-order valence-corrected chi connectivity index (χ2v) is 8.43. The van der Waals surface area contributed by atoms with Crippen molar-refractivity contribution in [1.29, 1.82) is 0 Å². The maximum absolute atomic E-state index is 12.1. The first-order valence-corrected chi connectivity index (χ1v) is 10.4. The fraction of sp³-hybridized carbons (Fsp3) is 0.250. The van der Waals surface area contributed by atoms with E-state index in [1.54, 1.807) is 10.6 Å². The van der Waals surface area contributed by atoms with Gasteiger partial charge in [-0.05, 0) is 44.5 Å². The second-order valence-electron chi connectivity index (χ2n) is 5.92. The largest absolute Gasteiger partial charge is 0.325 e. The van der Waals surface area contributed by atoms with E-state index in [2.05, 4.69) is 20.4 Å². The number of carbonyl (C=O) groups excluding carboxylic acids is 1. The van der Waals surface area contributed by atoms with E-state index in [0.717, 1.165) is 17.0 Å². The highest BCUT2D eigenvalue weighted by atomic mass is 32.2. The van der Waals surface area contributed by atoms with Crippen molar-refractivity contribution in [3.63, 3.8) is 0 Å². The average Bonchev–Trinajstić information content (AvgIpc) is 3.00. The van der Waals surface area contributed by atoms with Gasteiger partial charge in [-0.15, -0.1) is 5.10 Å². The molecule has 0 aliphatic carbocycles. The van der Waals surface area contributed by atoms with Crippen LogP contribution >= 0.6 is 11.8 Å². The van der Waals surface area contributed by atoms with Crippen LogP contribution in [0.2, 0.25) is 0 Å². The van der Waals surface area contributed by atoms with E-state index in [-0.39, 0.29) is 16.6 Å². The molecular weight excluding hydrogens is 388 g/mol. The molecule has 0 spiro atoms. The van der Waals surface area contributed by atoms with Crippen LogP contribution in [-0.2, 0) is 14.8 Å². The van der Waals surface area contributed by atoms with Gasteiger partial charge in [0.1, 0.15) is 0 Å². The van der Waals surface area contributed by atoms with E-state index in [1.807, 2.05) is 20.8 Å². The minimum absolute atomic E-state index is 0.0630. The van der Waals surface area contributed by atoms with Crippen molar-refractivity contribution in [2.45, 2.75) is 30.8 Å². The molecule has 2 heterocycles. The Labute approximate surface area is 160 Å². The highest BCUT2D eigenvalue weighted by Gasteiger charge is 2.13. The molecule has 2 aromatic heterocycles. The van der Waals surface area contributed by atoms with Gasteiger partial charge in [-0.3, -0.25) is 4.79 Å². The number of fused-ring (bicyclic) bond motifs is 1. The molecule has 9 nitrogen and oxygen atoms in total. The summed E-state index contributed by atoms with van der Waals surface area (Å²) >= 11 is 1.17. The van der Waals surface area contributed by atoms with Crippen molar-refractivity contribution in [3.05, 3.63) is 41.2 Å². The summed E-state index contributed by atoms with van der Waals surface area (Å²) in [7, 11) is -3.83. The van der Waals surface area contributed by atoms with Crippen LogP contribution in [0, 0.1) is 20.8 Å². The summed E-state index contributed by atoms with van der Waals surface area (Å²) in [4.78, 5) is 20.8. The minimum Gasteiger partial charge on any atom is -0.325 e. The molecule has 1 aromatic carbocycles. The zero-order valence-electron chi connectivity index (χ0n) is 14.9. The average molecular weight is 406 g/mol. The van der Waals surface area contributed by atoms with Crippen LogP contribution in [0.25, 0.3) is 5.78 Å². The van der Waals surface area contributed by atoms with Gasteiger partial charge in [-0.1, -0.05) is 17.8 Å². The summed E-state index contributed by atoms with van der Waals surface area (Å²) in [5.74, 6) is 0.231. The molecule has 0 unspecified atom stereocenters. The third-order valence-electron chi connectivity index (χ3n) is 4.02. The number of amides is 1. The third-order valence-corrected chi connectivity index (χ3v) is 5.77. The lowest BCUT2D eigenvalue weighted by atomic mass is 10.2. The minimum atomic E-state index is -3.83. The monoisotopic (exact) mass is 406 g/mol. The van der Waals surface area contributed by atoms with E-state index in [9.17, 15) is 13.2 Å². The Bertz CT molecular complexity index is 1140. The Kier molecular flexibility index (Phi) is 5.18. The lowest BCUT2D eigenvalue weighted by molar-refractivity contribution is -0.113. The predicted molar refractivity (Wildman–Crippen MR) is 102 cm³/mol. The molecule has 11 heteroatoms. The topological polar surface area (TPSA) is 132 Å². The number of aromatic nitrogens is 4. The zero-order chi connectivity index (χ0) is 19.8. The SMILES string of the molecule is Cc1nc2nc(SCC(=O)Nc3cccc(S(N)(=O)=O)c3)nn2c(C)c1C. The fourth-order valence-electron chi connectivity index (χ4n) is 2.38. The molecule has 3 aromatic rings. The van der Waals surface area contributed by atoms with Gasteiger partial charge in [0.2, 0.25) is 21.1 Å². The molecule has 0 aliphatic rings. The molecule has 3 N–H and O–H groups in total. The number of hydrogen-bond donors (Lipinski definition) is 2. The Morgan fingerprint density at radius 1 is 1.26 bits per heavy atom. The van der Waals surface area contributed by atoms with Crippen molar-refractivity contribution < 1.29 is 13.2 Å². The smallest absolute Gasteiger partial charge is 0.253 e. The Morgan fingerprint density at radius 2 is 2.00 bits per heavy atom. The molecule has 0 radical (unpaired) electrons. The maximum Gasteiger partial charge on any atom is 0.253 e. The van der Waals surface area contributed by atoms with Crippen LogP contribution in [0.4, 0.5) is 5.69 Å². The number of benzene rings is 1. The van der Waals surface area contributed by atoms with Crippen molar-refractivity contribution >= 4 is 39.2 Å². The number of sulfonamides is 1. The number of nitrogens with one attached hydrogen (secondary N) is 1. The first kappa shape index (κ1) is 19.3. The molecule has 27 heavy (non-hydrogen) atoms. The number of nitrogens with two attached hydrogens (primary N) is 1. The molecular formula is C16H18N6O3S2. The zero-order valence-corrected chi connectivity index (χ0v) is 16.6. The van der Waals surface area contributed by atoms with E-state index < -0.39 is 10.0 Å². The number of anilines is 1. The third kappa shape index (κ3) is 4.26. The molecule has 0 bridgehead atoms. The first-order valence-electron chi connectivity index (χ1n) is 7.91. The molecule has 0 saturated carbocycles. The molecule has 142 valence electrons. The van der Waals surface area contributed by atoms with E-state index >= 15 is 0 Å². The highest BCUT2D eigenvalue weighted by Crippen LogP contribution is 2.19. The van der Waals surface area contributed by atoms with Gasteiger partial charge in [-0.2, -0.15) is 4.98 Å². The lowest BCUT2D eigenvalue weighted by Gasteiger charge is -2.05. The highest BCUT2D eigenvalue weighted by molar-refractivity contribution is 7.99. The van der Waals surface area contributed by atoms with Crippen LogP contribution in [-0.4, -0.2) is 39.7 Å². The van der Waals surface area contributed by atoms with Crippen molar-refractivity contribution in [3.8, 4) is 0 Å². The van der Waals surface area contributed by atoms with E-state index in [0.29, 0.717) is 16.6 Å². The Hall–Kier alpha value is -2.50. The number of primary sulfonamides is 1. The number of aryl methyl sites for hydroxylation is 2. The van der Waals surface area contributed by atoms with Crippen LogP contribution < -0.4 is 10.5 Å². The van der Waals surface area contributed by atoms with Crippen LogP contribution in [0.3, 0.4) is 0 Å². The normalized spacial score (nSPS) is 11.7. The number of carbonyl (C=O) groups is 1. The standard InChI is InChI=1S/C16H18N6O3S2/c1-9-10(2)18-15-20-16(21-22(15)11(9)3)26-8-14(23)19-12-5-4-6-13(7-12)27(17,24)25/h4-7H,8H2,1-3H3,(H,19,23)(H2,17,24,25). The summed E-state index contributed by atoms with van der Waals surface area (Å²) in [5, 5.41) is 12.5. The number of nitrogens with zero attached hydrogens (tertiary/aromatic N) is 4. The molecule has 0 fully saturated rings. The Morgan fingerprint density at radius 3 is 2.70 bits per heavy atom. The van der Waals surface area contributed by atoms with Gasteiger partial charge in [-0.25, -0.2) is 23.1 Å².